The Hall–Kier alpha value is -2.51. The molecule has 0 fully saturated rings. The lowest BCUT2D eigenvalue weighted by Crippen LogP contribution is -2.25. The molecule has 0 aliphatic heterocycles. The van der Waals surface area contributed by atoms with Crippen LogP contribution in [-0.4, -0.2) is 34.7 Å². The molecule has 3 rings (SSSR count). The molecule has 3 aromatic rings. The van der Waals surface area contributed by atoms with E-state index >= 15 is 0 Å². The highest BCUT2D eigenvalue weighted by atomic mass is 79.9. The van der Waals surface area contributed by atoms with Crippen LogP contribution in [0.15, 0.2) is 52.0 Å². The number of rotatable bonds is 3. The Morgan fingerprint density at radius 2 is 2.04 bits per heavy atom. The first-order chi connectivity index (χ1) is 11.9. The van der Waals surface area contributed by atoms with Crippen LogP contribution in [0, 0.1) is 6.92 Å². The first kappa shape index (κ1) is 17.3. The Labute approximate surface area is 152 Å². The van der Waals surface area contributed by atoms with E-state index in [9.17, 15) is 9.59 Å². The molecule has 1 aromatic heterocycles. The van der Waals surface area contributed by atoms with Crippen molar-refractivity contribution >= 4 is 32.7 Å². The number of hydrogen-bond donors (Lipinski definition) is 0. The van der Waals surface area contributed by atoms with Crippen molar-refractivity contribution < 1.29 is 9.63 Å². The number of halogens is 1. The number of fused-ring (bicyclic) bond motifs is 1. The smallest absolute Gasteiger partial charge is 0.274 e. The summed E-state index contributed by atoms with van der Waals surface area (Å²) in [5.74, 6) is -0.307. The third kappa shape index (κ3) is 3.08. The topological polar surface area (TPSA) is 64.4 Å². The molecule has 0 unspecified atom stereocenters. The van der Waals surface area contributed by atoms with E-state index in [1.807, 2.05) is 25.1 Å². The molecule has 0 aliphatic rings. The molecule has 128 valence electrons. The van der Waals surface area contributed by atoms with Crippen molar-refractivity contribution in [3.63, 3.8) is 0 Å². The van der Waals surface area contributed by atoms with E-state index in [-0.39, 0.29) is 11.5 Å². The molecule has 0 spiro atoms. The second-order valence-electron chi connectivity index (χ2n) is 5.52. The summed E-state index contributed by atoms with van der Waals surface area (Å²) in [4.78, 5) is 34.3. The average Bonchev–Trinajstić information content (AvgIpc) is 2.63. The molecule has 0 atom stereocenters. The predicted octanol–water partition coefficient (Wildman–Crippen LogP) is 3.09. The first-order valence-corrected chi connectivity index (χ1v) is 8.32. The van der Waals surface area contributed by atoms with E-state index in [0.29, 0.717) is 16.5 Å². The maximum Gasteiger partial charge on any atom is 0.277 e. The van der Waals surface area contributed by atoms with Gasteiger partial charge in [0, 0.05) is 17.1 Å². The lowest BCUT2D eigenvalue weighted by molar-refractivity contribution is -0.0756. The average molecular weight is 402 g/mol. The third-order valence-electron chi connectivity index (χ3n) is 4.06. The van der Waals surface area contributed by atoms with Gasteiger partial charge in [0.05, 0.1) is 23.7 Å². The molecule has 0 saturated heterocycles. The maximum absolute atomic E-state index is 12.9. The van der Waals surface area contributed by atoms with Crippen LogP contribution < -0.4 is 5.56 Å². The number of hydroxylamine groups is 2. The van der Waals surface area contributed by atoms with Crippen LogP contribution in [0.3, 0.4) is 0 Å². The molecule has 0 saturated carbocycles. The molecule has 0 bridgehead atoms. The monoisotopic (exact) mass is 401 g/mol. The van der Waals surface area contributed by atoms with Crippen molar-refractivity contribution in [2.24, 2.45) is 0 Å². The van der Waals surface area contributed by atoms with Gasteiger partial charge in [-0.1, -0.05) is 22.0 Å². The molecule has 6 nitrogen and oxygen atoms in total. The van der Waals surface area contributed by atoms with Gasteiger partial charge >= 0.3 is 0 Å². The fraction of sp³-hybridized carbons (Fsp3) is 0.167. The summed E-state index contributed by atoms with van der Waals surface area (Å²) in [6, 6.07) is 10.5. The molecule has 1 amide bonds. The van der Waals surface area contributed by atoms with Gasteiger partial charge in [-0.3, -0.25) is 19.0 Å². The Bertz CT molecular complexity index is 1030. The quantitative estimate of drug-likeness (QED) is 0.632. The van der Waals surface area contributed by atoms with Gasteiger partial charge in [-0.15, -0.1) is 0 Å². The van der Waals surface area contributed by atoms with Crippen LogP contribution in [0.1, 0.15) is 15.9 Å². The van der Waals surface area contributed by atoms with E-state index in [4.69, 9.17) is 4.84 Å². The zero-order valence-electron chi connectivity index (χ0n) is 14.0. The van der Waals surface area contributed by atoms with Crippen LogP contribution in [0.4, 0.5) is 0 Å². The van der Waals surface area contributed by atoms with Crippen molar-refractivity contribution in [3.8, 4) is 5.69 Å². The lowest BCUT2D eigenvalue weighted by atomic mass is 10.1. The summed E-state index contributed by atoms with van der Waals surface area (Å²) in [5, 5.41) is 1.56. The zero-order valence-corrected chi connectivity index (χ0v) is 15.6. The van der Waals surface area contributed by atoms with E-state index in [0.717, 1.165) is 20.8 Å². The zero-order chi connectivity index (χ0) is 18.1. The van der Waals surface area contributed by atoms with Gasteiger partial charge in [0.2, 0.25) is 0 Å². The Balaban J connectivity index is 2.15. The highest BCUT2D eigenvalue weighted by molar-refractivity contribution is 9.10. The predicted molar refractivity (Wildman–Crippen MR) is 98.9 cm³/mol. The minimum atomic E-state index is -0.307. The summed E-state index contributed by atoms with van der Waals surface area (Å²) in [7, 11) is 2.93. The second-order valence-corrected chi connectivity index (χ2v) is 6.38. The van der Waals surface area contributed by atoms with Crippen molar-refractivity contribution in [1.29, 1.82) is 0 Å². The van der Waals surface area contributed by atoms with E-state index in [1.165, 1.54) is 25.1 Å². The normalized spacial score (nSPS) is 10.9. The minimum Gasteiger partial charge on any atom is -0.274 e. The van der Waals surface area contributed by atoms with Crippen molar-refractivity contribution in [2.45, 2.75) is 6.92 Å². The van der Waals surface area contributed by atoms with Crippen LogP contribution in [0.5, 0.6) is 0 Å². The van der Waals surface area contributed by atoms with Crippen molar-refractivity contribution in [1.82, 2.24) is 14.6 Å². The van der Waals surface area contributed by atoms with Gasteiger partial charge in [-0.25, -0.2) is 10.0 Å². The number of carbonyl (C=O) groups is 1. The Morgan fingerprint density at radius 3 is 2.76 bits per heavy atom. The molecule has 0 aliphatic carbocycles. The molecule has 1 heterocycles. The van der Waals surface area contributed by atoms with Gasteiger partial charge in [0.15, 0.2) is 0 Å². The summed E-state index contributed by atoms with van der Waals surface area (Å²) in [6.07, 6.45) is 1.48. The number of benzene rings is 2. The number of amides is 1. The highest BCUT2D eigenvalue weighted by Gasteiger charge is 2.14. The van der Waals surface area contributed by atoms with Crippen LogP contribution in [0.25, 0.3) is 16.6 Å². The second kappa shape index (κ2) is 6.78. The van der Waals surface area contributed by atoms with E-state index < -0.39 is 0 Å². The summed E-state index contributed by atoms with van der Waals surface area (Å²) in [5.41, 5.74) is 2.38. The van der Waals surface area contributed by atoms with Gasteiger partial charge in [0.1, 0.15) is 6.33 Å². The van der Waals surface area contributed by atoms with Crippen molar-refractivity contribution in [2.75, 3.05) is 14.2 Å². The van der Waals surface area contributed by atoms with Gasteiger partial charge in [-0.05, 0) is 42.8 Å². The van der Waals surface area contributed by atoms with Gasteiger partial charge in [-0.2, -0.15) is 0 Å². The number of nitrogens with zero attached hydrogens (tertiary/aromatic N) is 3. The van der Waals surface area contributed by atoms with Crippen LogP contribution in [0.2, 0.25) is 0 Å². The molecule has 0 N–H and O–H groups in total. The molecule has 25 heavy (non-hydrogen) atoms. The highest BCUT2D eigenvalue weighted by Crippen LogP contribution is 2.22. The first-order valence-electron chi connectivity index (χ1n) is 7.53. The number of aromatic nitrogens is 2. The number of hydrogen-bond acceptors (Lipinski definition) is 4. The Kier molecular flexibility index (Phi) is 4.69. The van der Waals surface area contributed by atoms with Gasteiger partial charge in [0.25, 0.3) is 11.5 Å². The molecular formula is C18H16BrN3O3. The number of carbonyl (C=O) groups excluding carboxylic acids is 1. The molecule has 7 heteroatoms. The maximum atomic E-state index is 12.9. The van der Waals surface area contributed by atoms with E-state index in [2.05, 4.69) is 20.9 Å². The standard InChI is InChI=1S/C18H16BrN3O3/c1-11-14(19)5-4-6-16(11)22-10-20-15-9-12(17(23)21(2)25-3)7-8-13(15)18(22)24/h4-10H,1-3H3. The summed E-state index contributed by atoms with van der Waals surface area (Å²) in [6.45, 7) is 1.93. The SMILES string of the molecule is CON(C)C(=O)c1ccc2c(=O)n(-c3cccc(Br)c3C)cnc2c1. The fourth-order valence-corrected chi connectivity index (χ4v) is 2.90. The lowest BCUT2D eigenvalue weighted by Gasteiger charge is -2.14. The van der Waals surface area contributed by atoms with Crippen LogP contribution in [-0.2, 0) is 4.84 Å². The van der Waals surface area contributed by atoms with Crippen LogP contribution >= 0.6 is 15.9 Å². The third-order valence-corrected chi connectivity index (χ3v) is 4.92. The van der Waals surface area contributed by atoms with Gasteiger partial charge < -0.3 is 0 Å². The fourth-order valence-electron chi connectivity index (χ4n) is 2.55. The largest absolute Gasteiger partial charge is 0.277 e. The molecule has 2 aromatic carbocycles. The minimum absolute atomic E-state index is 0.190. The van der Waals surface area contributed by atoms with Crippen molar-refractivity contribution in [3.05, 3.63) is 68.7 Å². The summed E-state index contributed by atoms with van der Waals surface area (Å²) >= 11 is 3.47. The van der Waals surface area contributed by atoms with E-state index in [1.54, 1.807) is 18.2 Å². The molecular weight excluding hydrogens is 386 g/mol. The molecule has 0 radical (unpaired) electrons. The Morgan fingerprint density at radius 1 is 1.28 bits per heavy atom. The summed E-state index contributed by atoms with van der Waals surface area (Å²) < 4.78 is 2.42.